The molecule has 18 heavy (non-hydrogen) atoms. The first-order chi connectivity index (χ1) is 8.31. The summed E-state index contributed by atoms with van der Waals surface area (Å²) in [6.07, 6.45) is 1.13. The highest BCUT2D eigenvalue weighted by Crippen LogP contribution is 2.04. The fourth-order valence-electron chi connectivity index (χ4n) is 1.49. The van der Waals surface area contributed by atoms with E-state index in [4.69, 9.17) is 0 Å². The fourth-order valence-corrected chi connectivity index (χ4v) is 2.49. The number of nitrogens with zero attached hydrogens (tertiary/aromatic N) is 1. The number of rotatable bonds is 5. The van der Waals surface area contributed by atoms with E-state index < -0.39 is 15.9 Å². The number of carbonyl (C=O) groups is 1. The number of carbonyl (C=O) groups excluding carboxylic acids is 1. The van der Waals surface area contributed by atoms with Crippen LogP contribution >= 0.6 is 0 Å². The minimum Gasteiger partial charge on any atom is -0.373 e. The zero-order chi connectivity index (χ0) is 13.8. The normalized spacial score (nSPS) is 12.8. The summed E-state index contributed by atoms with van der Waals surface area (Å²) in [4.78, 5) is 15.9. The topological polar surface area (TPSA) is 88.2 Å². The Hall–Kier alpha value is -1.63. The number of anilines is 1. The maximum absolute atomic E-state index is 11.8. The van der Waals surface area contributed by atoms with Gasteiger partial charge < -0.3 is 10.6 Å². The van der Waals surface area contributed by atoms with Crippen molar-refractivity contribution >= 4 is 21.6 Å². The molecule has 6 nitrogen and oxygen atoms in total. The molecule has 0 aliphatic heterocycles. The van der Waals surface area contributed by atoms with Crippen LogP contribution in [-0.4, -0.2) is 44.4 Å². The maximum atomic E-state index is 11.8. The number of aromatic nitrogens is 1. The molecule has 100 valence electrons. The average Bonchev–Trinajstić information content (AvgIpc) is 2.26. The average molecular weight is 271 g/mol. The molecule has 1 aromatic rings. The lowest BCUT2D eigenvalue weighted by molar-refractivity contribution is 0.0939. The first-order valence-electron chi connectivity index (χ1n) is 5.45. The summed E-state index contributed by atoms with van der Waals surface area (Å²) in [6, 6.07) is 4.56. The molecule has 0 fully saturated rings. The van der Waals surface area contributed by atoms with E-state index in [1.807, 2.05) is 0 Å². The molecule has 1 rings (SSSR count). The molecule has 0 bridgehead atoms. The molecule has 0 aliphatic rings. The number of hydrogen-bond acceptors (Lipinski definition) is 5. The second kappa shape index (κ2) is 5.81. The molecule has 0 aromatic carbocycles. The zero-order valence-electron chi connectivity index (χ0n) is 10.6. The van der Waals surface area contributed by atoms with Crippen molar-refractivity contribution in [3.63, 3.8) is 0 Å². The van der Waals surface area contributed by atoms with E-state index in [1.54, 1.807) is 32.2 Å². The SMILES string of the molecule is CNc1cccc(C(=O)NC(C)CS(C)(=O)=O)n1. The lowest BCUT2D eigenvalue weighted by atomic mass is 10.3. The van der Waals surface area contributed by atoms with Crippen LogP contribution in [0.1, 0.15) is 17.4 Å². The van der Waals surface area contributed by atoms with E-state index in [0.29, 0.717) is 5.82 Å². The number of hydrogen-bond donors (Lipinski definition) is 2. The Morgan fingerprint density at radius 2 is 2.11 bits per heavy atom. The van der Waals surface area contributed by atoms with Gasteiger partial charge in [0.2, 0.25) is 0 Å². The highest BCUT2D eigenvalue weighted by Gasteiger charge is 2.15. The van der Waals surface area contributed by atoms with Crippen LogP contribution in [0.2, 0.25) is 0 Å². The van der Waals surface area contributed by atoms with Gasteiger partial charge in [-0.2, -0.15) is 0 Å². The van der Waals surface area contributed by atoms with Gasteiger partial charge in [0.25, 0.3) is 5.91 Å². The Labute approximate surface area is 107 Å². The quantitative estimate of drug-likeness (QED) is 0.803. The van der Waals surface area contributed by atoms with Crippen LogP contribution in [0.15, 0.2) is 18.2 Å². The van der Waals surface area contributed by atoms with Crippen LogP contribution in [0.25, 0.3) is 0 Å². The molecule has 7 heteroatoms. The van der Waals surface area contributed by atoms with E-state index in [-0.39, 0.29) is 17.4 Å². The van der Waals surface area contributed by atoms with Crippen molar-refractivity contribution in [3.8, 4) is 0 Å². The third-order valence-electron chi connectivity index (χ3n) is 2.17. The van der Waals surface area contributed by atoms with Gasteiger partial charge in [-0.1, -0.05) is 6.07 Å². The number of pyridine rings is 1. The van der Waals surface area contributed by atoms with Crippen molar-refractivity contribution in [1.29, 1.82) is 0 Å². The van der Waals surface area contributed by atoms with Crippen LogP contribution < -0.4 is 10.6 Å². The highest BCUT2D eigenvalue weighted by molar-refractivity contribution is 7.90. The number of sulfone groups is 1. The van der Waals surface area contributed by atoms with Gasteiger partial charge in [-0.15, -0.1) is 0 Å². The summed E-state index contributed by atoms with van der Waals surface area (Å²) in [7, 11) is -1.41. The van der Waals surface area contributed by atoms with Gasteiger partial charge in [-0.25, -0.2) is 13.4 Å². The Balaban J connectivity index is 2.70. The molecule has 0 aliphatic carbocycles. The van der Waals surface area contributed by atoms with Gasteiger partial charge in [-0.3, -0.25) is 4.79 Å². The molecule has 0 radical (unpaired) electrons. The zero-order valence-corrected chi connectivity index (χ0v) is 11.4. The molecule has 2 N–H and O–H groups in total. The molecular formula is C11H17N3O3S. The van der Waals surface area contributed by atoms with E-state index in [9.17, 15) is 13.2 Å². The lowest BCUT2D eigenvalue weighted by Crippen LogP contribution is -2.37. The van der Waals surface area contributed by atoms with E-state index in [2.05, 4.69) is 15.6 Å². The maximum Gasteiger partial charge on any atom is 0.270 e. The molecular weight excluding hydrogens is 254 g/mol. The Bertz CT molecular complexity index is 528. The molecule has 1 unspecified atom stereocenters. The van der Waals surface area contributed by atoms with E-state index in [1.165, 1.54) is 0 Å². The fraction of sp³-hybridized carbons (Fsp3) is 0.455. The molecule has 0 saturated carbocycles. The van der Waals surface area contributed by atoms with Gasteiger partial charge >= 0.3 is 0 Å². The van der Waals surface area contributed by atoms with Crippen LogP contribution in [0.5, 0.6) is 0 Å². The summed E-state index contributed by atoms with van der Waals surface area (Å²) >= 11 is 0. The first kappa shape index (κ1) is 14.4. The molecule has 0 spiro atoms. The summed E-state index contributed by atoms with van der Waals surface area (Å²) < 4.78 is 22.2. The summed E-state index contributed by atoms with van der Waals surface area (Å²) in [5.41, 5.74) is 0.252. The Kier molecular flexibility index (Phi) is 4.66. The van der Waals surface area contributed by atoms with Gasteiger partial charge in [0.05, 0.1) is 5.75 Å². The smallest absolute Gasteiger partial charge is 0.270 e. The van der Waals surface area contributed by atoms with Crippen molar-refractivity contribution in [1.82, 2.24) is 10.3 Å². The van der Waals surface area contributed by atoms with E-state index >= 15 is 0 Å². The second-order valence-corrected chi connectivity index (χ2v) is 6.31. The van der Waals surface area contributed by atoms with Crippen molar-refractivity contribution < 1.29 is 13.2 Å². The minimum atomic E-state index is -3.11. The van der Waals surface area contributed by atoms with Crippen molar-refractivity contribution in [2.24, 2.45) is 0 Å². The lowest BCUT2D eigenvalue weighted by Gasteiger charge is -2.12. The third-order valence-corrected chi connectivity index (χ3v) is 3.27. The molecule has 1 heterocycles. The molecule has 1 aromatic heterocycles. The highest BCUT2D eigenvalue weighted by atomic mass is 32.2. The monoisotopic (exact) mass is 271 g/mol. The van der Waals surface area contributed by atoms with Crippen molar-refractivity contribution in [2.75, 3.05) is 24.4 Å². The predicted molar refractivity (Wildman–Crippen MR) is 70.4 cm³/mol. The Morgan fingerprint density at radius 3 is 2.67 bits per heavy atom. The largest absolute Gasteiger partial charge is 0.373 e. The van der Waals surface area contributed by atoms with Crippen LogP contribution in [-0.2, 0) is 9.84 Å². The van der Waals surface area contributed by atoms with Crippen LogP contribution in [0.4, 0.5) is 5.82 Å². The summed E-state index contributed by atoms with van der Waals surface area (Å²) in [5.74, 6) is 0.103. The van der Waals surface area contributed by atoms with Gasteiger partial charge in [0.1, 0.15) is 21.3 Å². The third kappa shape index (κ3) is 4.70. The van der Waals surface area contributed by atoms with Gasteiger partial charge in [0, 0.05) is 19.3 Å². The van der Waals surface area contributed by atoms with Gasteiger partial charge in [0.15, 0.2) is 0 Å². The Morgan fingerprint density at radius 1 is 1.44 bits per heavy atom. The van der Waals surface area contributed by atoms with Crippen molar-refractivity contribution in [2.45, 2.75) is 13.0 Å². The second-order valence-electron chi connectivity index (χ2n) is 4.12. The summed E-state index contributed by atoms with van der Waals surface area (Å²) in [5, 5.41) is 5.42. The first-order valence-corrected chi connectivity index (χ1v) is 7.51. The van der Waals surface area contributed by atoms with Crippen LogP contribution in [0.3, 0.4) is 0 Å². The van der Waals surface area contributed by atoms with Gasteiger partial charge in [-0.05, 0) is 19.1 Å². The number of amides is 1. The van der Waals surface area contributed by atoms with Crippen LogP contribution in [0, 0.1) is 0 Å². The van der Waals surface area contributed by atoms with Crippen molar-refractivity contribution in [3.05, 3.63) is 23.9 Å². The number of nitrogens with one attached hydrogen (secondary N) is 2. The standard InChI is InChI=1S/C11H17N3O3S/c1-8(7-18(3,16)17)13-11(15)9-5-4-6-10(12-2)14-9/h4-6,8H,7H2,1-3H3,(H,12,14)(H,13,15). The summed E-state index contributed by atoms with van der Waals surface area (Å²) in [6.45, 7) is 1.64. The minimum absolute atomic E-state index is 0.0928. The van der Waals surface area contributed by atoms with E-state index in [0.717, 1.165) is 6.26 Å². The molecule has 0 saturated heterocycles. The molecule has 1 atom stereocenters. The predicted octanol–water partition coefficient (Wildman–Crippen LogP) is 0.286. The molecule has 1 amide bonds.